The van der Waals surface area contributed by atoms with Gasteiger partial charge in [0.05, 0.1) is 32.5 Å². The number of hydrogen-bond donors (Lipinski definition) is 3. The third-order valence-electron chi connectivity index (χ3n) is 7.28. The summed E-state index contributed by atoms with van der Waals surface area (Å²) in [4.78, 5) is 49.7. The van der Waals surface area contributed by atoms with Crippen molar-refractivity contribution in [3.05, 3.63) is 50.4 Å². The summed E-state index contributed by atoms with van der Waals surface area (Å²) in [5.41, 5.74) is 5.12. The van der Waals surface area contributed by atoms with Gasteiger partial charge in [0.15, 0.2) is 5.82 Å². The van der Waals surface area contributed by atoms with Crippen molar-refractivity contribution in [3.8, 4) is 0 Å². The molecule has 4 N–H and O–H groups in total. The van der Waals surface area contributed by atoms with E-state index in [1.54, 1.807) is 45.3 Å². The number of hydrogen-bond acceptors (Lipinski definition) is 7. The largest absolute Gasteiger partial charge is 0.352 e. The van der Waals surface area contributed by atoms with Crippen LogP contribution in [0.15, 0.2) is 49.7 Å². The summed E-state index contributed by atoms with van der Waals surface area (Å²) in [5, 5.41) is 3.63. The number of aromatic amines is 1. The van der Waals surface area contributed by atoms with Gasteiger partial charge in [-0.1, -0.05) is 48.0 Å². The standard InChI is InChI=1S/C25H30Cl2N6O3S/c1-24(2)19(27)17(23(36)32(24)4)21(34)30-14-6-5-7-15(18(14)26)37-16-12-29-20(22(35)31-16)33-10-8-25(3,13-28)9-11-33/h5-7,12H,8-11,13,28H2,1-4H3,(H,30,34)(H,31,35). The SMILES string of the molecule is CN1C(=O)C(C(=O)Nc2cccc(Sc3cnc(N4CCC(C)(CN)CC4)c(=O)[nH]3)c2Cl)=C(Cl)C1(C)C. The maximum Gasteiger partial charge on any atom is 0.291 e. The van der Waals surface area contributed by atoms with Gasteiger partial charge >= 0.3 is 0 Å². The molecule has 0 spiro atoms. The number of amides is 2. The molecule has 0 aliphatic carbocycles. The molecule has 2 amide bonds. The molecule has 198 valence electrons. The van der Waals surface area contributed by atoms with Gasteiger partial charge in [-0.2, -0.15) is 0 Å². The van der Waals surface area contributed by atoms with Crippen molar-refractivity contribution in [2.24, 2.45) is 11.1 Å². The number of likely N-dealkylation sites (N-methyl/N-ethyl adjacent to an activating group) is 1. The van der Waals surface area contributed by atoms with Gasteiger partial charge in [0, 0.05) is 25.0 Å². The van der Waals surface area contributed by atoms with E-state index in [1.165, 1.54) is 16.7 Å². The summed E-state index contributed by atoms with van der Waals surface area (Å²) in [5.74, 6) is -0.711. The second-order valence-corrected chi connectivity index (χ2v) is 12.0. The van der Waals surface area contributed by atoms with Crippen molar-refractivity contribution in [1.29, 1.82) is 0 Å². The van der Waals surface area contributed by atoms with Crippen LogP contribution in [0.25, 0.3) is 0 Å². The van der Waals surface area contributed by atoms with Crippen molar-refractivity contribution >= 4 is 58.3 Å². The number of nitrogens with zero attached hydrogens (tertiary/aromatic N) is 3. The van der Waals surface area contributed by atoms with Crippen LogP contribution in [0.1, 0.15) is 33.6 Å². The molecule has 3 heterocycles. The molecule has 0 bridgehead atoms. The third-order valence-corrected chi connectivity index (χ3v) is 9.44. The number of rotatable bonds is 6. The molecule has 0 saturated carbocycles. The first-order valence-corrected chi connectivity index (χ1v) is 13.5. The van der Waals surface area contributed by atoms with E-state index in [1.807, 2.05) is 4.90 Å². The molecule has 4 rings (SSSR count). The zero-order chi connectivity index (χ0) is 27.1. The molecular formula is C25H30Cl2N6O3S. The summed E-state index contributed by atoms with van der Waals surface area (Å²) in [7, 11) is 1.59. The Morgan fingerprint density at radius 3 is 2.46 bits per heavy atom. The Labute approximate surface area is 229 Å². The molecular weight excluding hydrogens is 535 g/mol. The van der Waals surface area contributed by atoms with Crippen LogP contribution in [0.5, 0.6) is 0 Å². The lowest BCUT2D eigenvalue weighted by Gasteiger charge is -2.38. The van der Waals surface area contributed by atoms with E-state index >= 15 is 0 Å². The number of benzene rings is 1. The van der Waals surface area contributed by atoms with Crippen LogP contribution < -0.4 is 21.5 Å². The molecule has 1 aromatic heterocycles. The van der Waals surface area contributed by atoms with Crippen LogP contribution in [-0.4, -0.2) is 58.9 Å². The number of aromatic nitrogens is 2. The predicted molar refractivity (Wildman–Crippen MR) is 147 cm³/mol. The third kappa shape index (κ3) is 5.25. The van der Waals surface area contributed by atoms with Crippen molar-refractivity contribution in [2.75, 3.05) is 36.9 Å². The second kappa shape index (κ2) is 10.3. The lowest BCUT2D eigenvalue weighted by molar-refractivity contribution is -0.129. The van der Waals surface area contributed by atoms with Crippen molar-refractivity contribution in [2.45, 2.75) is 49.1 Å². The topological polar surface area (TPSA) is 124 Å². The minimum absolute atomic E-state index is 0.0925. The average Bonchev–Trinajstić information content (AvgIpc) is 3.01. The maximum atomic E-state index is 12.9. The fourth-order valence-electron chi connectivity index (χ4n) is 4.27. The first kappa shape index (κ1) is 27.5. The van der Waals surface area contributed by atoms with Gasteiger partial charge in [-0.25, -0.2) is 4.98 Å². The van der Waals surface area contributed by atoms with Crippen LogP contribution in [0.4, 0.5) is 11.5 Å². The molecule has 2 aliphatic rings. The number of carbonyl (C=O) groups is 2. The zero-order valence-electron chi connectivity index (χ0n) is 21.2. The number of carbonyl (C=O) groups excluding carboxylic acids is 2. The van der Waals surface area contributed by atoms with E-state index < -0.39 is 17.4 Å². The first-order chi connectivity index (χ1) is 17.4. The van der Waals surface area contributed by atoms with E-state index in [2.05, 4.69) is 22.2 Å². The van der Waals surface area contributed by atoms with Gasteiger partial charge in [0.25, 0.3) is 17.4 Å². The van der Waals surface area contributed by atoms with Crippen molar-refractivity contribution < 1.29 is 9.59 Å². The Balaban J connectivity index is 1.50. The minimum atomic E-state index is -0.782. The van der Waals surface area contributed by atoms with Gasteiger partial charge in [-0.05, 0) is 50.8 Å². The number of nitrogens with one attached hydrogen (secondary N) is 2. The zero-order valence-corrected chi connectivity index (χ0v) is 23.5. The van der Waals surface area contributed by atoms with Crippen molar-refractivity contribution in [3.63, 3.8) is 0 Å². The molecule has 12 heteroatoms. The summed E-state index contributed by atoms with van der Waals surface area (Å²) in [6, 6.07) is 5.11. The normalized spacial score (nSPS) is 18.9. The van der Waals surface area contributed by atoms with Gasteiger partial charge in [0.2, 0.25) is 0 Å². The average molecular weight is 566 g/mol. The highest BCUT2D eigenvalue weighted by atomic mass is 35.5. The quantitative estimate of drug-likeness (QED) is 0.455. The highest BCUT2D eigenvalue weighted by Crippen LogP contribution is 2.39. The molecule has 0 atom stereocenters. The molecule has 37 heavy (non-hydrogen) atoms. The molecule has 2 aromatic rings. The monoisotopic (exact) mass is 564 g/mol. The van der Waals surface area contributed by atoms with E-state index in [-0.39, 0.29) is 26.6 Å². The van der Waals surface area contributed by atoms with Gasteiger partial charge < -0.3 is 25.8 Å². The lowest BCUT2D eigenvalue weighted by atomic mass is 9.80. The molecule has 2 aliphatic heterocycles. The number of piperidine rings is 1. The van der Waals surface area contributed by atoms with Crippen LogP contribution in [0, 0.1) is 5.41 Å². The smallest absolute Gasteiger partial charge is 0.291 e. The second-order valence-electron chi connectivity index (χ2n) is 10.2. The van der Waals surface area contributed by atoms with Crippen LogP contribution in [0.2, 0.25) is 5.02 Å². The number of anilines is 2. The van der Waals surface area contributed by atoms with E-state index in [0.29, 0.717) is 28.0 Å². The first-order valence-electron chi connectivity index (χ1n) is 11.9. The van der Waals surface area contributed by atoms with E-state index in [0.717, 1.165) is 25.9 Å². The molecule has 1 fully saturated rings. The fraction of sp³-hybridized carbons (Fsp3) is 0.440. The summed E-state index contributed by atoms with van der Waals surface area (Å²) >= 11 is 14.2. The van der Waals surface area contributed by atoms with Crippen LogP contribution >= 0.6 is 35.0 Å². The summed E-state index contributed by atoms with van der Waals surface area (Å²) in [6.45, 7) is 7.76. The van der Waals surface area contributed by atoms with Crippen LogP contribution in [-0.2, 0) is 9.59 Å². The Morgan fingerprint density at radius 1 is 1.22 bits per heavy atom. The lowest BCUT2D eigenvalue weighted by Crippen LogP contribution is -2.44. The molecule has 0 radical (unpaired) electrons. The number of H-pyrrole nitrogens is 1. The number of nitrogens with two attached hydrogens (primary N) is 1. The highest BCUT2D eigenvalue weighted by molar-refractivity contribution is 7.99. The van der Waals surface area contributed by atoms with E-state index in [4.69, 9.17) is 28.9 Å². The summed E-state index contributed by atoms with van der Waals surface area (Å²) < 4.78 is 0. The van der Waals surface area contributed by atoms with Gasteiger partial charge in [0.1, 0.15) is 5.57 Å². The molecule has 9 nitrogen and oxygen atoms in total. The van der Waals surface area contributed by atoms with Crippen molar-refractivity contribution in [1.82, 2.24) is 14.9 Å². The number of halogens is 2. The van der Waals surface area contributed by atoms with Crippen LogP contribution in [0.3, 0.4) is 0 Å². The highest BCUT2D eigenvalue weighted by Gasteiger charge is 2.45. The summed E-state index contributed by atoms with van der Waals surface area (Å²) in [6.07, 6.45) is 3.40. The molecule has 0 unspecified atom stereocenters. The molecule has 1 saturated heterocycles. The fourth-order valence-corrected chi connectivity index (χ4v) is 5.69. The Kier molecular flexibility index (Phi) is 7.67. The Bertz CT molecular complexity index is 1330. The Morgan fingerprint density at radius 2 is 1.89 bits per heavy atom. The minimum Gasteiger partial charge on any atom is -0.352 e. The van der Waals surface area contributed by atoms with Gasteiger partial charge in [-0.3, -0.25) is 14.4 Å². The van der Waals surface area contributed by atoms with Gasteiger partial charge in [-0.15, -0.1) is 0 Å². The Hall–Kier alpha value is -2.53. The predicted octanol–water partition coefficient (Wildman–Crippen LogP) is 3.82. The maximum absolute atomic E-state index is 12.9. The molecule has 1 aromatic carbocycles. The van der Waals surface area contributed by atoms with E-state index in [9.17, 15) is 14.4 Å².